The Labute approximate surface area is 349 Å². The monoisotopic (exact) mass is 786 g/mol. The van der Waals surface area contributed by atoms with E-state index in [1.165, 1.54) is 69.1 Å². The molecule has 0 unspecified atom stereocenters. The van der Waals surface area contributed by atoms with E-state index in [-0.39, 0.29) is 0 Å². The molecule has 1 radical (unpaired) electrons. The maximum absolute atomic E-state index is 6.75. The highest BCUT2D eigenvalue weighted by Crippen LogP contribution is 2.56. The number of hydrogen-bond donors (Lipinski definition) is 0. The van der Waals surface area contributed by atoms with Gasteiger partial charge in [-0.05, 0) is 87.2 Å². The molecule has 12 rings (SSSR count). The second-order valence-electron chi connectivity index (χ2n) is 15.4. The summed E-state index contributed by atoms with van der Waals surface area (Å²) in [4.78, 5) is 2.42. The lowest BCUT2D eigenvalue weighted by atomic mass is 9.63. The lowest BCUT2D eigenvalue weighted by molar-refractivity contribution is 0.435. The number of hydrogen-bond acceptors (Lipinski definition) is 3. The van der Waals surface area contributed by atoms with Crippen LogP contribution in [0.4, 0.5) is 17.1 Å². The third-order valence-corrected chi connectivity index (χ3v) is 16.3. The molecular formula is C55H36NOSSi. The Hall–Kier alpha value is -6.98. The summed E-state index contributed by atoms with van der Waals surface area (Å²) in [5.41, 5.74) is 10.2. The number of nitrogens with zero attached hydrogens (tertiary/aromatic N) is 1. The van der Waals surface area contributed by atoms with E-state index in [1.807, 2.05) is 11.3 Å². The molecule has 0 amide bonds. The van der Waals surface area contributed by atoms with Crippen LogP contribution in [0.15, 0.2) is 218 Å². The second-order valence-corrected chi connectivity index (χ2v) is 18.8. The molecule has 0 saturated carbocycles. The maximum Gasteiger partial charge on any atom is 0.155 e. The molecule has 9 aromatic carbocycles. The van der Waals surface area contributed by atoms with Crippen LogP contribution in [0.1, 0.15) is 22.3 Å². The van der Waals surface area contributed by atoms with E-state index in [0.717, 1.165) is 28.6 Å². The normalized spacial score (nSPS) is 13.6. The van der Waals surface area contributed by atoms with Crippen molar-refractivity contribution >= 4 is 72.9 Å². The van der Waals surface area contributed by atoms with Gasteiger partial charge in [0.2, 0.25) is 0 Å². The third-order valence-electron chi connectivity index (χ3n) is 12.3. The summed E-state index contributed by atoms with van der Waals surface area (Å²) >= 11 is 1.88. The van der Waals surface area contributed by atoms with Gasteiger partial charge in [0.25, 0.3) is 0 Å². The first-order valence-corrected chi connectivity index (χ1v) is 22.5. The summed E-state index contributed by atoms with van der Waals surface area (Å²) in [5, 5.41) is 6.83. The Kier molecular flexibility index (Phi) is 7.84. The summed E-state index contributed by atoms with van der Waals surface area (Å²) in [6, 6.07) is 80.4. The quantitative estimate of drug-likeness (QED) is 0.161. The smallest absolute Gasteiger partial charge is 0.155 e. The summed E-state index contributed by atoms with van der Waals surface area (Å²) in [6.45, 7) is 0. The lowest BCUT2D eigenvalue weighted by Gasteiger charge is -2.47. The average Bonchev–Trinajstić information content (AvgIpc) is 3.69. The standard InChI is InChI=1S/C55H36NOSSi/c1-3-16-38(17-4-1)56(39-32-30-37(31-33-39)42-21-15-22-44-43-20-7-13-28-51(43)58-54(42)44)40-34-35-53-48(36-40)55(45-23-8-11-26-49(45)57-50-27-12-9-24-46(50)55)47-25-10-14-29-52(47)59(53)41-18-5-2-6-19-41/h1-36H. The zero-order valence-electron chi connectivity index (χ0n) is 32.0. The predicted molar refractivity (Wildman–Crippen MR) is 249 cm³/mol. The van der Waals surface area contributed by atoms with E-state index < -0.39 is 14.2 Å². The average molecular weight is 787 g/mol. The first-order valence-electron chi connectivity index (χ1n) is 20.2. The number of thiophene rings is 1. The number of para-hydroxylation sites is 3. The Balaban J connectivity index is 1.10. The molecule has 10 aromatic rings. The third kappa shape index (κ3) is 5.17. The van der Waals surface area contributed by atoms with Gasteiger partial charge < -0.3 is 9.64 Å². The van der Waals surface area contributed by atoms with Crippen molar-refractivity contribution in [2.45, 2.75) is 5.41 Å². The predicted octanol–water partition coefficient (Wildman–Crippen LogP) is 12.5. The fraction of sp³-hybridized carbons (Fsp3) is 0.0182. The van der Waals surface area contributed by atoms with E-state index in [0.29, 0.717) is 0 Å². The molecule has 0 fully saturated rings. The van der Waals surface area contributed by atoms with Gasteiger partial charge in [0.1, 0.15) is 11.5 Å². The number of anilines is 3. The van der Waals surface area contributed by atoms with Crippen LogP contribution in [-0.4, -0.2) is 8.80 Å². The molecule has 3 heterocycles. The second kappa shape index (κ2) is 13.6. The summed E-state index contributed by atoms with van der Waals surface area (Å²) in [6.07, 6.45) is 0. The van der Waals surface area contributed by atoms with Crippen LogP contribution in [-0.2, 0) is 5.41 Å². The molecule has 2 aliphatic rings. The Morgan fingerprint density at radius 2 is 1.00 bits per heavy atom. The minimum Gasteiger partial charge on any atom is -0.457 e. The Bertz CT molecular complexity index is 3160. The van der Waals surface area contributed by atoms with Crippen molar-refractivity contribution in [3.8, 4) is 22.6 Å². The molecule has 0 saturated heterocycles. The van der Waals surface area contributed by atoms with Gasteiger partial charge in [-0.15, -0.1) is 11.3 Å². The maximum atomic E-state index is 6.75. The summed E-state index contributed by atoms with van der Waals surface area (Å²) < 4.78 is 9.40. The van der Waals surface area contributed by atoms with Gasteiger partial charge in [0.15, 0.2) is 8.80 Å². The highest BCUT2D eigenvalue weighted by Gasteiger charge is 2.51. The van der Waals surface area contributed by atoms with Gasteiger partial charge in [-0.25, -0.2) is 0 Å². The van der Waals surface area contributed by atoms with Crippen LogP contribution >= 0.6 is 11.3 Å². The van der Waals surface area contributed by atoms with Gasteiger partial charge in [-0.2, -0.15) is 0 Å². The minimum absolute atomic E-state index is 0.606. The molecule has 0 aliphatic carbocycles. The number of fused-ring (bicyclic) bond motifs is 11. The molecule has 0 bridgehead atoms. The van der Waals surface area contributed by atoms with Gasteiger partial charge in [-0.1, -0.05) is 169 Å². The van der Waals surface area contributed by atoms with Crippen molar-refractivity contribution in [2.24, 2.45) is 0 Å². The van der Waals surface area contributed by atoms with Crippen molar-refractivity contribution < 1.29 is 4.74 Å². The SMILES string of the molecule is c1ccc(N(c2ccc(-c3cccc4c3sc3ccccc34)cc2)c2ccc3c(c2)C2(c4ccccc4Oc4ccccc42)c2ccccc2[Si]3c2ccccc2)cc1. The zero-order valence-corrected chi connectivity index (χ0v) is 33.9. The molecule has 1 aromatic heterocycles. The molecular weight excluding hydrogens is 751 g/mol. The summed E-state index contributed by atoms with van der Waals surface area (Å²) in [7, 11) is -1.41. The van der Waals surface area contributed by atoms with Gasteiger partial charge in [0, 0.05) is 48.4 Å². The first-order chi connectivity index (χ1) is 29.3. The topological polar surface area (TPSA) is 12.5 Å². The van der Waals surface area contributed by atoms with Gasteiger partial charge in [-0.3, -0.25) is 0 Å². The van der Waals surface area contributed by atoms with E-state index in [1.54, 1.807) is 0 Å². The van der Waals surface area contributed by atoms with E-state index in [9.17, 15) is 0 Å². The van der Waals surface area contributed by atoms with Crippen molar-refractivity contribution in [1.29, 1.82) is 0 Å². The fourth-order valence-electron chi connectivity index (χ4n) is 9.80. The van der Waals surface area contributed by atoms with E-state index in [2.05, 4.69) is 223 Å². The molecule has 0 N–H and O–H groups in total. The van der Waals surface area contributed by atoms with Crippen LogP contribution in [0.2, 0.25) is 0 Å². The highest BCUT2D eigenvalue weighted by molar-refractivity contribution is 7.26. The van der Waals surface area contributed by atoms with E-state index in [4.69, 9.17) is 4.74 Å². The van der Waals surface area contributed by atoms with Crippen molar-refractivity contribution in [2.75, 3.05) is 4.90 Å². The lowest BCUT2D eigenvalue weighted by Crippen LogP contribution is -2.62. The van der Waals surface area contributed by atoms with Crippen molar-refractivity contribution in [3.05, 3.63) is 241 Å². The number of rotatable bonds is 5. The molecule has 4 heteroatoms. The van der Waals surface area contributed by atoms with E-state index >= 15 is 0 Å². The van der Waals surface area contributed by atoms with Crippen molar-refractivity contribution in [1.82, 2.24) is 0 Å². The van der Waals surface area contributed by atoms with Crippen LogP contribution < -0.4 is 25.2 Å². The number of benzene rings is 9. The molecule has 1 spiro atoms. The molecule has 277 valence electrons. The van der Waals surface area contributed by atoms with Gasteiger partial charge in [0.05, 0.1) is 5.41 Å². The molecule has 2 aliphatic heterocycles. The molecule has 2 nitrogen and oxygen atoms in total. The molecule has 0 atom stereocenters. The summed E-state index contributed by atoms with van der Waals surface area (Å²) in [5.74, 6) is 1.80. The minimum atomic E-state index is -1.41. The number of ether oxygens (including phenoxy) is 1. The fourth-order valence-corrected chi connectivity index (χ4v) is 14.1. The Morgan fingerprint density at radius 3 is 1.76 bits per heavy atom. The Morgan fingerprint density at radius 1 is 0.424 bits per heavy atom. The van der Waals surface area contributed by atoms with Crippen LogP contribution in [0.3, 0.4) is 0 Å². The highest BCUT2D eigenvalue weighted by atomic mass is 32.1. The van der Waals surface area contributed by atoms with Crippen LogP contribution in [0.25, 0.3) is 31.3 Å². The van der Waals surface area contributed by atoms with Gasteiger partial charge >= 0.3 is 0 Å². The van der Waals surface area contributed by atoms with Crippen LogP contribution in [0, 0.1) is 0 Å². The first kappa shape index (κ1) is 34.1. The van der Waals surface area contributed by atoms with Crippen molar-refractivity contribution in [3.63, 3.8) is 0 Å². The van der Waals surface area contributed by atoms with Crippen LogP contribution in [0.5, 0.6) is 11.5 Å². The largest absolute Gasteiger partial charge is 0.457 e. The molecule has 59 heavy (non-hydrogen) atoms. The zero-order chi connectivity index (χ0) is 38.9.